The molecule has 13 aromatic heterocycles. The molecular weight excluding hydrogens is 1660 g/mol. The van der Waals surface area contributed by atoms with Gasteiger partial charge in [0, 0.05) is 135 Å². The molecule has 59 nitrogen and oxygen atoms in total. The molecule has 33 N–H and O–H groups in total. The highest BCUT2D eigenvalue weighted by Crippen LogP contribution is 2.19. The molecule has 0 saturated carbocycles. The molecule has 59 heteroatoms. The van der Waals surface area contributed by atoms with Crippen LogP contribution in [0.15, 0.2) is 149 Å². The van der Waals surface area contributed by atoms with E-state index >= 15 is 0 Å². The van der Waals surface area contributed by atoms with Gasteiger partial charge in [-0.25, -0.2) is 63.4 Å². The first-order valence-electron chi connectivity index (χ1n) is 35.7. The van der Waals surface area contributed by atoms with Gasteiger partial charge in [-0.05, 0) is 20.8 Å². The van der Waals surface area contributed by atoms with E-state index in [1.165, 1.54) is 51.2 Å². The highest BCUT2D eigenvalue weighted by Gasteiger charge is 2.34. The third kappa shape index (κ3) is 26.2. The summed E-state index contributed by atoms with van der Waals surface area (Å²) in [6.45, 7) is 5.38. The lowest BCUT2D eigenvalue weighted by Gasteiger charge is -2.34. The smallest absolute Gasteiger partial charge is 0.384 e. The molecule has 1 saturated heterocycles. The van der Waals surface area contributed by atoms with E-state index in [9.17, 15) is 57.5 Å². The number of imidazole rings is 4. The number of aromatic amines is 6. The van der Waals surface area contributed by atoms with E-state index in [2.05, 4.69) is 121 Å². The lowest BCUT2D eigenvalue weighted by Crippen LogP contribution is -2.64. The number of hydrogen-bond donors (Lipinski definition) is 22. The zero-order valence-corrected chi connectivity index (χ0v) is 69.1. The van der Waals surface area contributed by atoms with Crippen molar-refractivity contribution in [2.75, 3.05) is 71.4 Å². The number of carbonyl (C=O) groups is 4. The number of urea groups is 2. The van der Waals surface area contributed by atoms with Gasteiger partial charge < -0.3 is 105 Å². The summed E-state index contributed by atoms with van der Waals surface area (Å²) in [7, 11) is 15.6. The molecule has 0 spiro atoms. The number of nitrogens with one attached hydrogen (secondary N) is 11. The molecule has 0 aromatic carbocycles. The molecule has 0 aliphatic carbocycles. The topological polar surface area (TPSA) is 884 Å². The van der Waals surface area contributed by atoms with E-state index in [-0.39, 0.29) is 112 Å². The van der Waals surface area contributed by atoms with Crippen LogP contribution in [0.1, 0.15) is 33.0 Å². The van der Waals surface area contributed by atoms with Crippen LogP contribution < -0.4 is 134 Å². The minimum Gasteiger partial charge on any atom is -0.384 e. The number of imide groups is 1. The van der Waals surface area contributed by atoms with Gasteiger partial charge in [-0.1, -0.05) is 0 Å². The number of nitrogens with two attached hydrogens (primary N) is 11. The summed E-state index contributed by atoms with van der Waals surface area (Å²) in [4.78, 5) is 203. The quantitative estimate of drug-likeness (QED) is 0.0495. The van der Waals surface area contributed by atoms with Crippen molar-refractivity contribution in [3.63, 3.8) is 0 Å². The Kier molecular flexibility index (Phi) is 31.7. The first-order chi connectivity index (χ1) is 59.3. The van der Waals surface area contributed by atoms with Crippen molar-refractivity contribution >= 4 is 128 Å². The van der Waals surface area contributed by atoms with Gasteiger partial charge in [0.1, 0.15) is 45.6 Å². The molecule has 18 heterocycles. The number of hydrogen-bond acceptors (Lipinski definition) is 40. The predicted octanol–water partition coefficient (Wildman–Crippen LogP) is -8.01. The number of guanidine groups is 2. The number of nitrogen functional groups attached to an aromatic ring is 10. The number of carbonyl (C=O) groups excluding carboxylic acids is 4. The third-order valence-electron chi connectivity index (χ3n) is 16.5. The van der Waals surface area contributed by atoms with Crippen molar-refractivity contribution in [1.82, 2.24) is 163 Å². The van der Waals surface area contributed by atoms with Crippen molar-refractivity contribution in [3.05, 3.63) is 217 Å². The second-order valence-electron chi connectivity index (χ2n) is 26.1. The monoisotopic (exact) mass is 1740 g/mol. The van der Waals surface area contributed by atoms with Crippen LogP contribution in [0.5, 0.6) is 0 Å². The fourth-order valence-electron chi connectivity index (χ4n) is 9.68. The molecule has 5 aliphatic heterocycles. The summed E-state index contributed by atoms with van der Waals surface area (Å²) in [6, 6.07) is 3.70. The van der Waals surface area contributed by atoms with Crippen LogP contribution in [0.25, 0.3) is 33.5 Å². The average Bonchev–Trinajstić information content (AvgIpc) is 1.69. The van der Waals surface area contributed by atoms with Crippen LogP contribution in [-0.2, 0) is 60.5 Å². The molecule has 5 aliphatic rings. The number of anilines is 10. The molecule has 0 bridgehead atoms. The number of aromatic nitrogens is 26. The molecule has 0 radical (unpaired) electrons. The first-order valence-corrected chi connectivity index (χ1v) is 35.7. The average molecular weight is 1750 g/mol. The number of H-pyrrole nitrogens is 6. The SMILES string of the molecule is CN1C=CN2C(=N)NC(=O)NC12.CN1C=CN2C(=O)NC(N)=NC12.C[n+]1ccc(N)[nH]c1=O.Cc1cnc(N)nc1N.Cc1cnc(N)nc1N.Cc1ncc(=O)[nH]c1N.Cn1ccc(=O)[nH]c1=O.Cn1ccc(=O)nc1N.Cn1cnc2c(=O)[nH]c(=O)[nH]c21.Cn1cnc2c(N)[nH]c(=O)nc21.Cn1cnc2c(N)nc(N)nc21.Cn1cnc2c1CC(=O)NC2=O. The molecule has 664 valence electrons. The van der Waals surface area contributed by atoms with Crippen molar-refractivity contribution in [2.45, 2.75) is 39.8 Å². The summed E-state index contributed by atoms with van der Waals surface area (Å²) >= 11 is 0. The van der Waals surface area contributed by atoms with Crippen LogP contribution in [0.4, 0.5) is 68.3 Å². The maximum atomic E-state index is 11.2. The Morgan fingerprint density at radius 3 is 1.64 bits per heavy atom. The van der Waals surface area contributed by atoms with Crippen LogP contribution in [-0.4, -0.2) is 204 Å². The minimum atomic E-state index is -0.517. The van der Waals surface area contributed by atoms with Gasteiger partial charge in [-0.2, -0.15) is 39.7 Å². The highest BCUT2D eigenvalue weighted by molar-refractivity contribution is 6.08. The van der Waals surface area contributed by atoms with Crippen LogP contribution in [0.2, 0.25) is 0 Å². The molecule has 126 heavy (non-hydrogen) atoms. The summed E-state index contributed by atoms with van der Waals surface area (Å²) in [6.07, 6.45) is 21.8. The third-order valence-corrected chi connectivity index (χ3v) is 16.5. The minimum absolute atomic E-state index is 0.101. The zero-order chi connectivity index (χ0) is 93.4. The van der Waals surface area contributed by atoms with E-state index in [4.69, 9.17) is 68.5 Å². The van der Waals surface area contributed by atoms with Crippen LogP contribution in [0, 0.1) is 26.2 Å². The largest absolute Gasteiger partial charge is 0.497 e. The van der Waals surface area contributed by atoms with Crippen molar-refractivity contribution in [1.29, 1.82) is 5.41 Å². The molecule has 1 fully saturated rings. The van der Waals surface area contributed by atoms with Gasteiger partial charge in [-0.3, -0.25) is 90.2 Å². The Morgan fingerprint density at radius 2 is 1.07 bits per heavy atom. The summed E-state index contributed by atoms with van der Waals surface area (Å²) < 4.78 is 10.9. The summed E-state index contributed by atoms with van der Waals surface area (Å²) in [5.41, 5.74) is 62.3. The van der Waals surface area contributed by atoms with E-state index in [0.29, 0.717) is 74.1 Å². The van der Waals surface area contributed by atoms with Crippen molar-refractivity contribution in [2.24, 2.45) is 60.1 Å². The number of rotatable bonds is 0. The van der Waals surface area contributed by atoms with Gasteiger partial charge in [0.25, 0.3) is 28.1 Å². The maximum absolute atomic E-state index is 11.2. The number of fused-ring (bicyclic) bond motifs is 6. The Bertz CT molecular complexity index is 6650. The fourth-order valence-corrected chi connectivity index (χ4v) is 9.68. The fraction of sp³-hybridized carbons (Fsp3) is 0.224. The van der Waals surface area contributed by atoms with Gasteiger partial charge >= 0.3 is 34.8 Å². The Hall–Kier alpha value is -18.6. The number of nitrogens with zero attached hydrogens (tertiary/aromatic N) is 25. The van der Waals surface area contributed by atoms with Crippen LogP contribution in [0.3, 0.4) is 0 Å². The standard InChI is InChI=1S/C7H7N3O2.C6H8N6.C6H7N5O.2C6H9N5O.C6H6N4O2.2C5H8N4.3C5H7N3O.C5H6N2O2/c1-10-3-8-6-4(10)2-5(11)9-7(6)12;1-12-2-9-3-4(7)10-6(8)11-5(3)12;1-11-2-8-3-4(7)9-6(12)10-5(3)11;1-10-2-3-11-4(7)8-5(12)9-6(10)11;1-10-2-3-11-5(10)8-4(7)9-6(11)12;1-10-2-7-3-4(10)8-6(12)9-5(3)11;2*1-3-2-8-5(7)9-4(3)6;1-8-3-2-4(9)7-5(8)6;1-8-3-2-4(6)7-5(8)9;1-3-5(6)8-4(9)2-7-3;1-7-3-2-4(8)6-5(7)9/h3H,2H2,1H3,(H,9,11,12);2H,1H3,(H4,7,8,10,11);2H,1H3,(H3,7,9,10,12);2-3,6H,1H3,(H3,7,8,9,12);2-3,5H,1H3,(H3,7,8,9,12);2H,1H3,(H2,8,9,11,12);2*2H,1H3,(H4,6,7,8,9);2*2-3H,1H3,(H2,6,7,9);2H,1H3,(H3,6,8,9);2-3H,1H3,(H,6,8,9)/p+1. The van der Waals surface area contributed by atoms with Gasteiger partial charge in [0.2, 0.25) is 47.9 Å². The number of aliphatic imine (C=N–C) groups is 1. The Morgan fingerprint density at radius 1 is 0.492 bits per heavy atom. The van der Waals surface area contributed by atoms with Crippen molar-refractivity contribution in [3.8, 4) is 0 Å². The van der Waals surface area contributed by atoms with E-state index in [1.54, 1.807) is 150 Å². The van der Waals surface area contributed by atoms with E-state index < -0.39 is 22.8 Å². The first kappa shape index (κ1) is 94.6. The molecule has 2 atom stereocenters. The molecule has 13 aromatic rings. The Labute approximate surface area is 705 Å². The second-order valence-corrected chi connectivity index (χ2v) is 26.1. The van der Waals surface area contributed by atoms with Gasteiger partial charge in [0.15, 0.2) is 34.7 Å². The molecule has 2 unspecified atom stereocenters. The summed E-state index contributed by atoms with van der Waals surface area (Å²) in [5.74, 6) is 2.63. The predicted molar refractivity (Wildman–Crippen MR) is 459 cm³/mol. The highest BCUT2D eigenvalue weighted by atomic mass is 16.2. The van der Waals surface area contributed by atoms with Crippen molar-refractivity contribution < 1.29 is 23.7 Å². The molecular formula is C67H90N47O12+. The normalized spacial score (nSPS) is 13.7. The lowest BCUT2D eigenvalue weighted by atomic mass is 10.1. The second kappa shape index (κ2) is 42.2. The number of aryl methyl sites for hydroxylation is 10. The van der Waals surface area contributed by atoms with Crippen LogP contribution >= 0.6 is 0 Å². The molecule has 18 rings (SSSR count). The zero-order valence-electron chi connectivity index (χ0n) is 69.1. The lowest BCUT2D eigenvalue weighted by molar-refractivity contribution is -0.689. The van der Waals surface area contributed by atoms with Gasteiger partial charge in [0.05, 0.1) is 62.6 Å². The maximum Gasteiger partial charge on any atom is 0.497 e. The molecule has 6 amide bonds. The van der Waals surface area contributed by atoms with E-state index in [1.807, 2.05) is 39.9 Å². The number of amides is 6. The summed E-state index contributed by atoms with van der Waals surface area (Å²) in [5, 5.41) is 17.0. The van der Waals surface area contributed by atoms with Gasteiger partial charge in [-0.15, -0.1) is 0 Å². The Balaban J connectivity index is 0.000000189. The van der Waals surface area contributed by atoms with E-state index in [0.717, 1.165) is 11.1 Å².